The van der Waals surface area contributed by atoms with Crippen molar-refractivity contribution >= 4 is 0 Å². The molecule has 4 heteroatoms. The quantitative estimate of drug-likeness (QED) is 0.751. The molecule has 26 heavy (non-hydrogen) atoms. The van der Waals surface area contributed by atoms with Crippen molar-refractivity contribution in [3.05, 3.63) is 95.8 Å². The Labute approximate surface area is 153 Å². The molecule has 3 aromatic rings. The van der Waals surface area contributed by atoms with E-state index in [1.54, 1.807) is 12.4 Å². The number of nitrogens with zero attached hydrogens (tertiary/aromatic N) is 1. The second-order valence-corrected chi connectivity index (χ2v) is 6.60. The summed E-state index contributed by atoms with van der Waals surface area (Å²) in [6.07, 6.45) is 4.34. The van der Waals surface area contributed by atoms with E-state index < -0.39 is 11.8 Å². The van der Waals surface area contributed by atoms with Gasteiger partial charge >= 0.3 is 0 Å². The summed E-state index contributed by atoms with van der Waals surface area (Å²) in [7, 11) is 0. The summed E-state index contributed by atoms with van der Waals surface area (Å²) in [4.78, 5) is 4.08. The fourth-order valence-electron chi connectivity index (χ4n) is 3.47. The van der Waals surface area contributed by atoms with Crippen LogP contribution in [0.4, 0.5) is 0 Å². The third-order valence-corrected chi connectivity index (χ3v) is 4.90. The Hall–Kier alpha value is -2.69. The van der Waals surface area contributed by atoms with E-state index >= 15 is 0 Å². The SMILES string of the molecule is OC1CCC(NCc2ccncc2)(c2ccccc2)Oc2ccccc21. The number of benzene rings is 2. The second kappa shape index (κ2) is 7.28. The number of aliphatic hydroxyl groups is 1. The maximum absolute atomic E-state index is 10.6. The summed E-state index contributed by atoms with van der Waals surface area (Å²) in [5, 5.41) is 14.2. The highest BCUT2D eigenvalue weighted by molar-refractivity contribution is 5.38. The molecule has 2 heterocycles. The number of ether oxygens (including phenoxy) is 1. The summed E-state index contributed by atoms with van der Waals surface area (Å²) >= 11 is 0. The number of aliphatic hydroxyl groups excluding tert-OH is 1. The van der Waals surface area contributed by atoms with Crippen molar-refractivity contribution in [1.82, 2.24) is 10.3 Å². The molecule has 4 nitrogen and oxygen atoms in total. The van der Waals surface area contributed by atoms with Gasteiger partial charge in [-0.25, -0.2) is 0 Å². The van der Waals surface area contributed by atoms with Gasteiger partial charge in [-0.2, -0.15) is 0 Å². The minimum absolute atomic E-state index is 0.528. The fourth-order valence-corrected chi connectivity index (χ4v) is 3.47. The number of hydrogen-bond acceptors (Lipinski definition) is 4. The second-order valence-electron chi connectivity index (χ2n) is 6.60. The molecule has 0 fully saturated rings. The molecular weight excluding hydrogens is 324 g/mol. The first-order chi connectivity index (χ1) is 12.8. The lowest BCUT2D eigenvalue weighted by atomic mass is 9.95. The summed E-state index contributed by atoms with van der Waals surface area (Å²) in [5.74, 6) is 0.726. The Morgan fingerprint density at radius 1 is 1.00 bits per heavy atom. The largest absolute Gasteiger partial charge is 0.468 e. The molecule has 0 bridgehead atoms. The maximum Gasteiger partial charge on any atom is 0.187 e. The molecule has 0 saturated heterocycles. The number of para-hydroxylation sites is 1. The Balaban J connectivity index is 1.72. The lowest BCUT2D eigenvalue weighted by molar-refractivity contribution is 0.0156. The first-order valence-electron chi connectivity index (χ1n) is 8.92. The number of rotatable bonds is 4. The zero-order chi connectivity index (χ0) is 17.8. The summed E-state index contributed by atoms with van der Waals surface area (Å²) in [5.41, 5.74) is 2.34. The number of fused-ring (bicyclic) bond motifs is 1. The van der Waals surface area contributed by atoms with E-state index in [1.807, 2.05) is 54.6 Å². The van der Waals surface area contributed by atoms with Gasteiger partial charge in [0.15, 0.2) is 5.72 Å². The molecule has 4 rings (SSSR count). The maximum atomic E-state index is 10.6. The van der Waals surface area contributed by atoms with Crippen LogP contribution in [0, 0.1) is 0 Å². The van der Waals surface area contributed by atoms with Gasteiger partial charge < -0.3 is 9.84 Å². The van der Waals surface area contributed by atoms with Crippen molar-refractivity contribution in [2.45, 2.75) is 31.2 Å². The molecular formula is C22H22N2O2. The van der Waals surface area contributed by atoms with Crippen LogP contribution in [0.5, 0.6) is 5.75 Å². The van der Waals surface area contributed by atoms with Gasteiger partial charge in [0, 0.05) is 36.5 Å². The van der Waals surface area contributed by atoms with Crippen molar-refractivity contribution in [1.29, 1.82) is 0 Å². The zero-order valence-electron chi connectivity index (χ0n) is 14.5. The van der Waals surface area contributed by atoms with Crippen LogP contribution in [0.25, 0.3) is 0 Å². The summed E-state index contributed by atoms with van der Waals surface area (Å²) < 4.78 is 6.54. The van der Waals surface area contributed by atoms with E-state index in [-0.39, 0.29) is 0 Å². The Morgan fingerprint density at radius 2 is 1.73 bits per heavy atom. The van der Waals surface area contributed by atoms with Gasteiger partial charge in [-0.05, 0) is 30.2 Å². The fraction of sp³-hybridized carbons (Fsp3) is 0.227. The predicted octanol–water partition coefficient (Wildman–Crippen LogP) is 3.93. The van der Waals surface area contributed by atoms with Crippen LogP contribution in [-0.2, 0) is 12.3 Å². The van der Waals surface area contributed by atoms with Gasteiger partial charge in [0.2, 0.25) is 0 Å². The third kappa shape index (κ3) is 3.34. The number of aromatic nitrogens is 1. The third-order valence-electron chi connectivity index (χ3n) is 4.90. The first kappa shape index (κ1) is 16.8. The minimum atomic E-state index is -0.696. The van der Waals surface area contributed by atoms with Crippen molar-refractivity contribution in [3.63, 3.8) is 0 Å². The number of hydrogen-bond donors (Lipinski definition) is 2. The van der Waals surface area contributed by atoms with Gasteiger partial charge in [-0.3, -0.25) is 10.3 Å². The topological polar surface area (TPSA) is 54.4 Å². The van der Waals surface area contributed by atoms with Crippen molar-refractivity contribution in [2.24, 2.45) is 0 Å². The molecule has 0 radical (unpaired) electrons. The van der Waals surface area contributed by atoms with Crippen molar-refractivity contribution < 1.29 is 9.84 Å². The van der Waals surface area contributed by atoms with Crippen LogP contribution in [-0.4, -0.2) is 10.1 Å². The minimum Gasteiger partial charge on any atom is -0.468 e. The van der Waals surface area contributed by atoms with Gasteiger partial charge in [-0.1, -0.05) is 48.5 Å². The van der Waals surface area contributed by atoms with Crippen molar-refractivity contribution in [3.8, 4) is 5.75 Å². The predicted molar refractivity (Wildman–Crippen MR) is 100 cm³/mol. The summed E-state index contributed by atoms with van der Waals surface area (Å²) in [6, 6.07) is 21.9. The number of nitrogens with one attached hydrogen (secondary N) is 1. The lowest BCUT2D eigenvalue weighted by Gasteiger charge is -2.35. The van der Waals surface area contributed by atoms with E-state index in [2.05, 4.69) is 22.4 Å². The molecule has 1 aromatic heterocycles. The van der Waals surface area contributed by atoms with E-state index in [0.29, 0.717) is 19.4 Å². The van der Waals surface area contributed by atoms with Crippen molar-refractivity contribution in [2.75, 3.05) is 0 Å². The lowest BCUT2D eigenvalue weighted by Crippen LogP contribution is -2.46. The highest BCUT2D eigenvalue weighted by atomic mass is 16.5. The van der Waals surface area contributed by atoms with E-state index in [1.165, 1.54) is 0 Å². The van der Waals surface area contributed by atoms with E-state index in [9.17, 15) is 5.11 Å². The van der Waals surface area contributed by atoms with Crippen LogP contribution in [0.3, 0.4) is 0 Å². The molecule has 0 saturated carbocycles. The van der Waals surface area contributed by atoms with Crippen LogP contribution < -0.4 is 10.1 Å². The highest BCUT2D eigenvalue weighted by Crippen LogP contribution is 2.40. The molecule has 1 aliphatic heterocycles. The van der Waals surface area contributed by atoms with Gasteiger partial charge in [0.1, 0.15) is 5.75 Å². The molecule has 132 valence electrons. The Morgan fingerprint density at radius 3 is 2.54 bits per heavy atom. The van der Waals surface area contributed by atoms with E-state index in [4.69, 9.17) is 4.74 Å². The standard InChI is InChI=1S/C22H22N2O2/c25-20-10-13-22(18-6-2-1-3-7-18,24-16-17-11-14-23-15-12-17)26-21-9-5-4-8-19(20)21/h1-9,11-12,14-15,20,24-25H,10,13,16H2. The van der Waals surface area contributed by atoms with Crippen LogP contribution in [0.2, 0.25) is 0 Å². The van der Waals surface area contributed by atoms with Gasteiger partial charge in [0.25, 0.3) is 0 Å². The molecule has 2 unspecified atom stereocenters. The Kier molecular flexibility index (Phi) is 4.69. The molecule has 2 N–H and O–H groups in total. The molecule has 2 atom stereocenters. The monoisotopic (exact) mass is 346 g/mol. The summed E-state index contributed by atoms with van der Waals surface area (Å²) in [6.45, 7) is 0.648. The van der Waals surface area contributed by atoms with Gasteiger partial charge in [-0.15, -0.1) is 0 Å². The smallest absolute Gasteiger partial charge is 0.187 e. The van der Waals surface area contributed by atoms with Crippen LogP contribution in [0.15, 0.2) is 79.1 Å². The molecule has 2 aromatic carbocycles. The van der Waals surface area contributed by atoms with Crippen LogP contribution >= 0.6 is 0 Å². The highest BCUT2D eigenvalue weighted by Gasteiger charge is 2.38. The molecule has 0 amide bonds. The average Bonchev–Trinajstić information content (AvgIpc) is 2.86. The molecule has 0 spiro atoms. The van der Waals surface area contributed by atoms with E-state index in [0.717, 1.165) is 22.4 Å². The first-order valence-corrected chi connectivity index (χ1v) is 8.92. The molecule has 0 aliphatic carbocycles. The number of pyridine rings is 1. The average molecular weight is 346 g/mol. The zero-order valence-corrected chi connectivity index (χ0v) is 14.5. The van der Waals surface area contributed by atoms with Crippen LogP contribution in [0.1, 0.15) is 35.6 Å². The van der Waals surface area contributed by atoms with Gasteiger partial charge in [0.05, 0.1) is 6.10 Å². The molecule has 1 aliphatic rings. The normalized spacial score (nSPS) is 22.1. The Bertz CT molecular complexity index is 854.